The van der Waals surface area contributed by atoms with Gasteiger partial charge in [0.05, 0.1) is 0 Å². The number of benzene rings is 2. The molecule has 1 heterocycles. The quantitative estimate of drug-likeness (QED) is 0.906. The number of nitrogens with one attached hydrogen (secondary N) is 2. The Morgan fingerprint density at radius 2 is 1.96 bits per heavy atom. The molecule has 0 spiro atoms. The maximum atomic E-state index is 12.3. The zero-order chi connectivity index (χ0) is 16.4. The van der Waals surface area contributed by atoms with Gasteiger partial charge in [0.25, 0.3) is 5.91 Å². The zero-order valence-electron chi connectivity index (χ0n) is 12.6. The van der Waals surface area contributed by atoms with Crippen LogP contribution in [0.3, 0.4) is 0 Å². The summed E-state index contributed by atoms with van der Waals surface area (Å²) < 4.78 is 0. The lowest BCUT2D eigenvalue weighted by molar-refractivity contribution is 0.102. The molecule has 0 radical (unpaired) electrons. The van der Waals surface area contributed by atoms with Crippen LogP contribution in [-0.4, -0.2) is 25.0 Å². The molecule has 1 aliphatic heterocycles. The highest BCUT2D eigenvalue weighted by Crippen LogP contribution is 2.24. The first-order chi connectivity index (χ1) is 11.1. The van der Waals surface area contributed by atoms with Gasteiger partial charge < -0.3 is 10.6 Å². The van der Waals surface area contributed by atoms with Crippen LogP contribution in [0.5, 0.6) is 0 Å². The number of urea groups is 1. The number of anilines is 2. The zero-order valence-corrected chi connectivity index (χ0v) is 13.4. The number of hydrogen-bond donors (Lipinski definition) is 2. The molecule has 1 aliphatic rings. The number of carbonyl (C=O) groups is 2. The summed E-state index contributed by atoms with van der Waals surface area (Å²) in [4.78, 5) is 25.6. The summed E-state index contributed by atoms with van der Waals surface area (Å²) in [6.07, 6.45) is 0. The van der Waals surface area contributed by atoms with E-state index in [1.807, 2.05) is 13.0 Å². The Hall–Kier alpha value is -2.53. The van der Waals surface area contributed by atoms with Gasteiger partial charge in [-0.3, -0.25) is 9.69 Å². The van der Waals surface area contributed by atoms with E-state index in [9.17, 15) is 9.59 Å². The molecule has 0 bridgehead atoms. The van der Waals surface area contributed by atoms with Crippen molar-refractivity contribution >= 4 is 34.9 Å². The van der Waals surface area contributed by atoms with Gasteiger partial charge >= 0.3 is 6.03 Å². The fourth-order valence-electron chi connectivity index (χ4n) is 2.45. The van der Waals surface area contributed by atoms with Crippen LogP contribution >= 0.6 is 11.6 Å². The molecule has 0 saturated carbocycles. The largest absolute Gasteiger partial charge is 0.336 e. The van der Waals surface area contributed by atoms with Gasteiger partial charge in [-0.15, -0.1) is 0 Å². The maximum absolute atomic E-state index is 12.3. The molecule has 6 heteroatoms. The standard InChI is InChI=1S/C17H16ClN3O2/c1-11-14(18)3-2-4-15(11)20-16(22)12-5-7-13(8-6-12)21-10-9-19-17(21)23/h2-8H,9-10H2,1H3,(H,19,23)(H,20,22). The van der Waals surface area contributed by atoms with Crippen molar-refractivity contribution in [1.82, 2.24) is 5.32 Å². The number of carbonyl (C=O) groups excluding carboxylic acids is 2. The summed E-state index contributed by atoms with van der Waals surface area (Å²) in [5.41, 5.74) is 2.81. The molecule has 3 amide bonds. The summed E-state index contributed by atoms with van der Waals surface area (Å²) in [6, 6.07) is 12.2. The molecule has 2 aromatic carbocycles. The molecule has 23 heavy (non-hydrogen) atoms. The minimum Gasteiger partial charge on any atom is -0.336 e. The van der Waals surface area contributed by atoms with Crippen LogP contribution in [0.1, 0.15) is 15.9 Å². The topological polar surface area (TPSA) is 61.4 Å². The lowest BCUT2D eigenvalue weighted by Crippen LogP contribution is -2.27. The Bertz CT molecular complexity index is 759. The predicted molar refractivity (Wildman–Crippen MR) is 91.3 cm³/mol. The molecule has 118 valence electrons. The molecule has 1 saturated heterocycles. The predicted octanol–water partition coefficient (Wildman–Crippen LogP) is 3.43. The molecule has 0 unspecified atom stereocenters. The molecule has 2 N–H and O–H groups in total. The van der Waals surface area contributed by atoms with Crippen molar-refractivity contribution in [2.75, 3.05) is 23.3 Å². The van der Waals surface area contributed by atoms with Gasteiger partial charge in [-0.1, -0.05) is 17.7 Å². The minimum absolute atomic E-state index is 0.114. The van der Waals surface area contributed by atoms with E-state index < -0.39 is 0 Å². The molecule has 5 nitrogen and oxygen atoms in total. The summed E-state index contributed by atoms with van der Waals surface area (Å²) in [5.74, 6) is -0.215. The second-order valence-corrected chi connectivity index (χ2v) is 5.70. The Balaban J connectivity index is 1.75. The fraction of sp³-hybridized carbons (Fsp3) is 0.176. The Labute approximate surface area is 139 Å². The van der Waals surface area contributed by atoms with Crippen LogP contribution in [-0.2, 0) is 0 Å². The molecular formula is C17H16ClN3O2. The number of halogens is 1. The van der Waals surface area contributed by atoms with Crippen molar-refractivity contribution in [2.24, 2.45) is 0 Å². The van der Waals surface area contributed by atoms with Gasteiger partial charge in [0, 0.05) is 35.1 Å². The second-order valence-electron chi connectivity index (χ2n) is 5.30. The van der Waals surface area contributed by atoms with Crippen LogP contribution in [0, 0.1) is 6.92 Å². The van der Waals surface area contributed by atoms with E-state index in [0.717, 1.165) is 11.3 Å². The third-order valence-corrected chi connectivity index (χ3v) is 4.22. The van der Waals surface area contributed by atoms with Gasteiger partial charge in [-0.25, -0.2) is 4.79 Å². The fourth-order valence-corrected chi connectivity index (χ4v) is 2.62. The van der Waals surface area contributed by atoms with Crippen molar-refractivity contribution in [2.45, 2.75) is 6.92 Å². The first-order valence-electron chi connectivity index (χ1n) is 7.28. The van der Waals surface area contributed by atoms with E-state index >= 15 is 0 Å². The first kappa shape index (κ1) is 15.4. The Morgan fingerprint density at radius 3 is 2.61 bits per heavy atom. The van der Waals surface area contributed by atoms with Crippen LogP contribution in [0.15, 0.2) is 42.5 Å². The van der Waals surface area contributed by atoms with Crippen molar-refractivity contribution in [3.63, 3.8) is 0 Å². The summed E-state index contributed by atoms with van der Waals surface area (Å²) >= 11 is 6.06. The Kier molecular flexibility index (Phi) is 4.21. The summed E-state index contributed by atoms with van der Waals surface area (Å²) in [7, 11) is 0. The highest BCUT2D eigenvalue weighted by Gasteiger charge is 2.21. The van der Waals surface area contributed by atoms with Gasteiger partial charge in [-0.05, 0) is 48.9 Å². The molecule has 1 fully saturated rings. The highest BCUT2D eigenvalue weighted by atomic mass is 35.5. The average molecular weight is 330 g/mol. The van der Waals surface area contributed by atoms with E-state index in [-0.39, 0.29) is 11.9 Å². The van der Waals surface area contributed by atoms with Crippen molar-refractivity contribution in [3.8, 4) is 0 Å². The highest BCUT2D eigenvalue weighted by molar-refractivity contribution is 6.31. The monoisotopic (exact) mass is 329 g/mol. The lowest BCUT2D eigenvalue weighted by Gasteiger charge is -2.14. The van der Waals surface area contributed by atoms with Gasteiger partial charge in [0.1, 0.15) is 0 Å². The van der Waals surface area contributed by atoms with E-state index in [1.165, 1.54) is 0 Å². The number of hydrogen-bond acceptors (Lipinski definition) is 2. The Morgan fingerprint density at radius 1 is 1.22 bits per heavy atom. The third-order valence-electron chi connectivity index (χ3n) is 3.81. The van der Waals surface area contributed by atoms with Crippen LogP contribution < -0.4 is 15.5 Å². The normalized spacial score (nSPS) is 13.8. The smallest absolute Gasteiger partial charge is 0.321 e. The molecule has 0 aliphatic carbocycles. The minimum atomic E-state index is -0.215. The number of amides is 3. The number of nitrogens with zero attached hydrogens (tertiary/aromatic N) is 1. The maximum Gasteiger partial charge on any atom is 0.321 e. The van der Waals surface area contributed by atoms with E-state index in [0.29, 0.717) is 29.4 Å². The lowest BCUT2D eigenvalue weighted by atomic mass is 10.1. The molecule has 0 atom stereocenters. The molecular weight excluding hydrogens is 314 g/mol. The van der Waals surface area contributed by atoms with Crippen molar-refractivity contribution in [1.29, 1.82) is 0 Å². The SMILES string of the molecule is Cc1c(Cl)cccc1NC(=O)c1ccc(N2CCNC2=O)cc1. The van der Waals surface area contributed by atoms with Crippen molar-refractivity contribution in [3.05, 3.63) is 58.6 Å². The van der Waals surface area contributed by atoms with E-state index in [1.54, 1.807) is 41.3 Å². The van der Waals surface area contributed by atoms with Gasteiger partial charge in [-0.2, -0.15) is 0 Å². The summed E-state index contributed by atoms with van der Waals surface area (Å²) in [6.45, 7) is 3.12. The summed E-state index contributed by atoms with van der Waals surface area (Å²) in [5, 5.41) is 6.20. The van der Waals surface area contributed by atoms with Gasteiger partial charge in [0.15, 0.2) is 0 Å². The molecule has 2 aromatic rings. The third kappa shape index (κ3) is 3.14. The van der Waals surface area contributed by atoms with Crippen LogP contribution in [0.2, 0.25) is 5.02 Å². The van der Waals surface area contributed by atoms with Crippen molar-refractivity contribution < 1.29 is 9.59 Å². The molecule has 0 aromatic heterocycles. The molecule has 3 rings (SSSR count). The van der Waals surface area contributed by atoms with Crippen LogP contribution in [0.4, 0.5) is 16.2 Å². The van der Waals surface area contributed by atoms with Crippen LogP contribution in [0.25, 0.3) is 0 Å². The van der Waals surface area contributed by atoms with E-state index in [4.69, 9.17) is 11.6 Å². The first-order valence-corrected chi connectivity index (χ1v) is 7.66. The van der Waals surface area contributed by atoms with E-state index in [2.05, 4.69) is 10.6 Å². The average Bonchev–Trinajstić information content (AvgIpc) is 2.98. The second kappa shape index (κ2) is 6.30. The number of rotatable bonds is 3. The van der Waals surface area contributed by atoms with Gasteiger partial charge in [0.2, 0.25) is 0 Å².